The molecule has 0 aliphatic rings. The molecule has 112 valence electrons. The number of hydrogen-bond acceptors (Lipinski definition) is 2. The van der Waals surface area contributed by atoms with Crippen molar-refractivity contribution < 1.29 is 8.42 Å². The number of rotatable bonds is 4. The third-order valence-corrected chi connectivity index (χ3v) is 7.46. The predicted molar refractivity (Wildman–Crippen MR) is 89.3 cm³/mol. The van der Waals surface area contributed by atoms with Gasteiger partial charge < -0.3 is 0 Å². The van der Waals surface area contributed by atoms with Gasteiger partial charge in [-0.2, -0.15) is 0 Å². The second kappa shape index (κ2) is 6.24. The van der Waals surface area contributed by atoms with E-state index in [1.807, 2.05) is 62.4 Å². The highest BCUT2D eigenvalue weighted by molar-refractivity contribution is 8.04. The smallest absolute Gasteiger partial charge is 0.124 e. The lowest BCUT2D eigenvalue weighted by molar-refractivity contribution is 0.654. The van der Waals surface area contributed by atoms with Crippen LogP contribution < -0.4 is 0 Å². The van der Waals surface area contributed by atoms with Gasteiger partial charge in [0.25, 0.3) is 0 Å². The van der Waals surface area contributed by atoms with E-state index in [2.05, 4.69) is 0 Å². The highest BCUT2D eigenvalue weighted by Crippen LogP contribution is 2.29. The van der Waals surface area contributed by atoms with Crippen molar-refractivity contribution in [3.05, 3.63) is 59.7 Å². The van der Waals surface area contributed by atoms with Crippen LogP contribution in [0.5, 0.6) is 0 Å². The van der Waals surface area contributed by atoms with Crippen molar-refractivity contribution in [1.82, 2.24) is 0 Å². The summed E-state index contributed by atoms with van der Waals surface area (Å²) < 4.78 is 24.7. The van der Waals surface area contributed by atoms with Crippen LogP contribution in [-0.4, -0.2) is 12.5 Å². The maximum Gasteiger partial charge on any atom is 0.124 e. The van der Waals surface area contributed by atoms with Crippen molar-refractivity contribution >= 4 is 21.6 Å². The zero-order valence-corrected chi connectivity index (χ0v) is 14.4. The molecule has 0 fully saturated rings. The molecule has 0 saturated carbocycles. The minimum absolute atomic E-state index is 0.714. The average molecular weight is 320 g/mol. The Morgan fingerprint density at radius 1 is 0.667 bits per heavy atom. The van der Waals surface area contributed by atoms with Crippen molar-refractivity contribution in [3.8, 4) is 0 Å². The van der Waals surface area contributed by atoms with Gasteiger partial charge in [-0.05, 0) is 52.0 Å². The molecule has 0 aliphatic carbocycles. The highest BCUT2D eigenvalue weighted by Gasteiger charge is 2.35. The van der Waals surface area contributed by atoms with Crippen molar-refractivity contribution in [2.24, 2.45) is 0 Å². The standard InChI is InChI=1S/C17H20O2S2/c1-13-5-9-15(10-6-13)20(18)17(3,4)21(19)16-11-7-14(2)8-12-16/h5-12H,1-4H3/t20-,21-/m0/s1. The molecule has 2 aromatic carbocycles. The van der Waals surface area contributed by atoms with E-state index >= 15 is 0 Å². The summed E-state index contributed by atoms with van der Waals surface area (Å²) in [6.45, 7) is 7.56. The van der Waals surface area contributed by atoms with Crippen LogP contribution in [0.4, 0.5) is 0 Å². The summed E-state index contributed by atoms with van der Waals surface area (Å²) in [5.41, 5.74) is 2.24. The summed E-state index contributed by atoms with van der Waals surface area (Å²) in [4.78, 5) is 1.43. The van der Waals surface area contributed by atoms with Crippen LogP contribution in [0.15, 0.2) is 58.3 Å². The summed E-state index contributed by atoms with van der Waals surface area (Å²) in [6.07, 6.45) is 0. The van der Waals surface area contributed by atoms with E-state index in [1.54, 1.807) is 13.8 Å². The minimum atomic E-state index is -1.34. The summed E-state index contributed by atoms with van der Waals surface area (Å²) in [5, 5.41) is 0. The largest absolute Gasteiger partial charge is 0.253 e. The average Bonchev–Trinajstić information content (AvgIpc) is 2.47. The topological polar surface area (TPSA) is 34.1 Å². The van der Waals surface area contributed by atoms with Gasteiger partial charge in [0.15, 0.2) is 0 Å². The third kappa shape index (κ3) is 3.50. The van der Waals surface area contributed by atoms with E-state index in [4.69, 9.17) is 0 Å². The Morgan fingerprint density at radius 2 is 0.952 bits per heavy atom. The Labute approximate surface area is 131 Å². The lowest BCUT2D eigenvalue weighted by Crippen LogP contribution is -2.32. The summed E-state index contributed by atoms with van der Waals surface area (Å²) in [6, 6.07) is 15.1. The quantitative estimate of drug-likeness (QED) is 0.854. The van der Waals surface area contributed by atoms with Crippen molar-refractivity contribution in [3.63, 3.8) is 0 Å². The van der Waals surface area contributed by atoms with Gasteiger partial charge in [0.2, 0.25) is 0 Å². The number of benzene rings is 2. The Bertz CT molecular complexity index is 611. The van der Waals surface area contributed by atoms with E-state index in [0.29, 0.717) is 9.79 Å². The van der Waals surface area contributed by atoms with Crippen molar-refractivity contribution in [2.45, 2.75) is 41.6 Å². The van der Waals surface area contributed by atoms with Gasteiger partial charge in [-0.15, -0.1) is 0 Å². The molecular formula is C17H20O2S2. The molecule has 0 bridgehead atoms. The van der Waals surface area contributed by atoms with E-state index < -0.39 is 25.7 Å². The second-order valence-electron chi connectivity index (χ2n) is 5.56. The first-order chi connectivity index (χ1) is 9.82. The molecule has 0 radical (unpaired) electrons. The fourth-order valence-electron chi connectivity index (χ4n) is 1.96. The van der Waals surface area contributed by atoms with Gasteiger partial charge in [0, 0.05) is 9.79 Å². The van der Waals surface area contributed by atoms with Gasteiger partial charge >= 0.3 is 0 Å². The summed E-state index contributed by atoms with van der Waals surface area (Å²) in [5.74, 6) is 0. The molecule has 21 heavy (non-hydrogen) atoms. The van der Waals surface area contributed by atoms with E-state index in [0.717, 1.165) is 11.1 Å². The maximum atomic E-state index is 12.8. The SMILES string of the molecule is Cc1ccc([S@](=O)C(C)(C)[S@@](=O)c2ccc(C)cc2)cc1. The lowest BCUT2D eigenvalue weighted by Gasteiger charge is -2.23. The highest BCUT2D eigenvalue weighted by atomic mass is 32.2. The minimum Gasteiger partial charge on any atom is -0.253 e. The fraction of sp³-hybridized carbons (Fsp3) is 0.294. The molecule has 2 nitrogen and oxygen atoms in total. The maximum absolute atomic E-state index is 12.8. The Balaban J connectivity index is 2.32. The third-order valence-electron chi connectivity index (χ3n) is 3.36. The molecule has 2 atom stereocenters. The number of aryl methyl sites for hydroxylation is 2. The molecular weight excluding hydrogens is 300 g/mol. The fourth-order valence-corrected chi connectivity index (χ4v) is 4.99. The molecule has 0 amide bonds. The lowest BCUT2D eigenvalue weighted by atomic mass is 10.2. The van der Waals surface area contributed by atoms with E-state index in [1.165, 1.54) is 0 Å². The molecule has 0 N–H and O–H groups in total. The summed E-state index contributed by atoms with van der Waals surface area (Å²) >= 11 is 0. The van der Waals surface area contributed by atoms with Crippen molar-refractivity contribution in [1.29, 1.82) is 0 Å². The van der Waals surface area contributed by atoms with Crippen LogP contribution in [0.1, 0.15) is 25.0 Å². The van der Waals surface area contributed by atoms with Crippen LogP contribution >= 0.6 is 0 Å². The second-order valence-corrected chi connectivity index (χ2v) is 9.88. The van der Waals surface area contributed by atoms with Gasteiger partial charge in [-0.25, -0.2) is 0 Å². The first kappa shape index (κ1) is 16.1. The monoisotopic (exact) mass is 320 g/mol. The molecule has 4 heteroatoms. The molecule has 2 rings (SSSR count). The van der Waals surface area contributed by atoms with Crippen LogP contribution in [0.3, 0.4) is 0 Å². The molecule has 2 aromatic rings. The molecule has 0 saturated heterocycles. The van der Waals surface area contributed by atoms with Crippen LogP contribution in [0.2, 0.25) is 0 Å². The van der Waals surface area contributed by atoms with E-state index in [-0.39, 0.29) is 0 Å². The predicted octanol–water partition coefficient (Wildman–Crippen LogP) is 3.95. The molecule has 0 aliphatic heterocycles. The van der Waals surface area contributed by atoms with Gasteiger partial charge in [-0.1, -0.05) is 35.4 Å². The van der Waals surface area contributed by atoms with Crippen LogP contribution in [0.25, 0.3) is 0 Å². The van der Waals surface area contributed by atoms with Crippen LogP contribution in [-0.2, 0) is 21.6 Å². The molecule has 0 spiro atoms. The molecule has 0 aromatic heterocycles. The zero-order valence-electron chi connectivity index (χ0n) is 12.8. The van der Waals surface area contributed by atoms with Gasteiger partial charge in [-0.3, -0.25) is 8.42 Å². The summed E-state index contributed by atoms with van der Waals surface area (Å²) in [7, 11) is -2.68. The van der Waals surface area contributed by atoms with Crippen LogP contribution in [0, 0.1) is 13.8 Å². The van der Waals surface area contributed by atoms with E-state index in [9.17, 15) is 8.42 Å². The zero-order chi connectivity index (χ0) is 15.6. The number of hydrogen-bond donors (Lipinski definition) is 0. The first-order valence-corrected chi connectivity index (χ1v) is 9.09. The molecule has 0 heterocycles. The Kier molecular flexibility index (Phi) is 4.79. The first-order valence-electron chi connectivity index (χ1n) is 6.79. The van der Waals surface area contributed by atoms with Crippen molar-refractivity contribution in [2.75, 3.05) is 0 Å². The van der Waals surface area contributed by atoms with Gasteiger partial charge in [0.05, 0.1) is 21.6 Å². The molecule has 0 unspecified atom stereocenters. The Hall–Kier alpha value is -1.26. The Morgan fingerprint density at radius 3 is 1.24 bits per heavy atom. The van der Waals surface area contributed by atoms with Gasteiger partial charge in [0.1, 0.15) is 4.08 Å². The normalized spacial score (nSPS) is 14.7.